The molecular weight excluding hydrogens is 410 g/mol. The van der Waals surface area contributed by atoms with E-state index < -0.39 is 5.56 Å². The number of aromatic nitrogens is 3. The molecule has 0 unspecified atom stereocenters. The molecule has 0 aliphatic heterocycles. The van der Waals surface area contributed by atoms with Crippen molar-refractivity contribution in [2.24, 2.45) is 0 Å². The van der Waals surface area contributed by atoms with Crippen molar-refractivity contribution in [3.8, 4) is 5.75 Å². The highest BCUT2D eigenvalue weighted by Gasteiger charge is 2.12. The SMILES string of the molecule is CCOc1ccccc1C=c1sc2nc(=O)c(Cc3ccc(Cl)cc3)nn2c1=O. The number of halogens is 1. The first kappa shape index (κ1) is 19.3. The second-order valence-electron chi connectivity index (χ2n) is 6.25. The molecule has 4 rings (SSSR count). The molecule has 0 amide bonds. The molecule has 0 atom stereocenters. The zero-order chi connectivity index (χ0) is 20.4. The Labute approximate surface area is 174 Å². The smallest absolute Gasteiger partial charge is 0.296 e. The molecule has 0 saturated heterocycles. The van der Waals surface area contributed by atoms with Gasteiger partial charge in [-0.2, -0.15) is 14.6 Å². The van der Waals surface area contributed by atoms with Crippen LogP contribution in [0.3, 0.4) is 0 Å². The molecule has 146 valence electrons. The van der Waals surface area contributed by atoms with Crippen LogP contribution in [0.1, 0.15) is 23.7 Å². The summed E-state index contributed by atoms with van der Waals surface area (Å²) in [5.74, 6) is 0.686. The average Bonchev–Trinajstić information content (AvgIpc) is 3.00. The number of hydrogen-bond acceptors (Lipinski definition) is 6. The number of benzene rings is 2. The third-order valence-electron chi connectivity index (χ3n) is 4.24. The fraction of sp³-hybridized carbons (Fsp3) is 0.143. The molecule has 6 nitrogen and oxygen atoms in total. The minimum atomic E-state index is -0.442. The summed E-state index contributed by atoms with van der Waals surface area (Å²) in [6.07, 6.45) is 2.01. The predicted molar refractivity (Wildman–Crippen MR) is 114 cm³/mol. The number of fused-ring (bicyclic) bond motifs is 1. The van der Waals surface area contributed by atoms with Gasteiger partial charge in [0.2, 0.25) is 4.96 Å². The summed E-state index contributed by atoms with van der Waals surface area (Å²) in [4.78, 5) is 29.5. The maximum Gasteiger partial charge on any atom is 0.296 e. The van der Waals surface area contributed by atoms with Gasteiger partial charge < -0.3 is 4.74 Å². The zero-order valence-corrected chi connectivity index (χ0v) is 17.0. The van der Waals surface area contributed by atoms with Gasteiger partial charge in [0.25, 0.3) is 11.1 Å². The second-order valence-corrected chi connectivity index (χ2v) is 7.69. The van der Waals surface area contributed by atoms with Crippen LogP contribution in [0.5, 0.6) is 5.75 Å². The van der Waals surface area contributed by atoms with Crippen molar-refractivity contribution in [2.45, 2.75) is 13.3 Å². The number of rotatable bonds is 5. The first-order valence-electron chi connectivity index (χ1n) is 8.96. The van der Waals surface area contributed by atoms with Crippen LogP contribution in [0.25, 0.3) is 11.0 Å². The summed E-state index contributed by atoms with van der Waals surface area (Å²) in [5, 5.41) is 4.88. The van der Waals surface area contributed by atoms with Crippen molar-refractivity contribution < 1.29 is 4.74 Å². The van der Waals surface area contributed by atoms with Gasteiger partial charge in [-0.25, -0.2) is 0 Å². The van der Waals surface area contributed by atoms with Crippen LogP contribution in [-0.2, 0) is 6.42 Å². The monoisotopic (exact) mass is 425 g/mol. The Morgan fingerprint density at radius 1 is 1.14 bits per heavy atom. The topological polar surface area (TPSA) is 73.6 Å². The van der Waals surface area contributed by atoms with Gasteiger partial charge in [0, 0.05) is 17.0 Å². The van der Waals surface area contributed by atoms with Gasteiger partial charge in [-0.1, -0.05) is 53.3 Å². The lowest BCUT2D eigenvalue weighted by atomic mass is 10.1. The molecule has 2 heterocycles. The van der Waals surface area contributed by atoms with Gasteiger partial charge in [0.15, 0.2) is 0 Å². The third-order valence-corrected chi connectivity index (χ3v) is 5.45. The van der Waals surface area contributed by atoms with E-state index in [9.17, 15) is 9.59 Å². The van der Waals surface area contributed by atoms with Crippen molar-refractivity contribution >= 4 is 34.0 Å². The minimum Gasteiger partial charge on any atom is -0.493 e. The zero-order valence-electron chi connectivity index (χ0n) is 15.5. The van der Waals surface area contributed by atoms with E-state index in [0.717, 1.165) is 22.5 Å². The molecule has 0 radical (unpaired) electrons. The van der Waals surface area contributed by atoms with Gasteiger partial charge in [-0.3, -0.25) is 9.59 Å². The van der Waals surface area contributed by atoms with Gasteiger partial charge in [0.1, 0.15) is 11.4 Å². The van der Waals surface area contributed by atoms with Crippen molar-refractivity contribution in [1.82, 2.24) is 14.6 Å². The molecule has 0 aliphatic carbocycles. The maximum absolute atomic E-state index is 12.8. The van der Waals surface area contributed by atoms with Crippen molar-refractivity contribution in [1.29, 1.82) is 0 Å². The predicted octanol–water partition coefficient (Wildman–Crippen LogP) is 2.70. The molecule has 4 aromatic rings. The second kappa shape index (κ2) is 8.14. The van der Waals surface area contributed by atoms with E-state index in [-0.39, 0.29) is 22.6 Å². The Balaban J connectivity index is 1.79. The molecule has 0 bridgehead atoms. The fourth-order valence-corrected chi connectivity index (χ4v) is 3.90. The highest BCUT2D eigenvalue weighted by Crippen LogP contribution is 2.18. The molecule has 0 fully saturated rings. The number of nitrogens with zero attached hydrogens (tertiary/aromatic N) is 3. The summed E-state index contributed by atoms with van der Waals surface area (Å²) in [6, 6.07) is 14.6. The number of ether oxygens (including phenoxy) is 1. The van der Waals surface area contributed by atoms with Crippen molar-refractivity contribution in [3.05, 3.63) is 95.6 Å². The lowest BCUT2D eigenvalue weighted by molar-refractivity contribution is 0.339. The van der Waals surface area contributed by atoms with Crippen LogP contribution in [0, 0.1) is 0 Å². The number of para-hydroxylation sites is 1. The first-order chi connectivity index (χ1) is 14.0. The maximum atomic E-state index is 12.8. The average molecular weight is 426 g/mol. The molecular formula is C21H16ClN3O3S. The van der Waals surface area contributed by atoms with Gasteiger partial charge in [-0.05, 0) is 36.8 Å². The van der Waals surface area contributed by atoms with E-state index in [4.69, 9.17) is 16.3 Å². The highest BCUT2D eigenvalue weighted by atomic mass is 35.5. The summed E-state index contributed by atoms with van der Waals surface area (Å²) >= 11 is 7.02. The van der Waals surface area contributed by atoms with Crippen molar-refractivity contribution in [3.63, 3.8) is 0 Å². The molecule has 29 heavy (non-hydrogen) atoms. The van der Waals surface area contributed by atoms with Gasteiger partial charge in [0.05, 0.1) is 11.1 Å². The Morgan fingerprint density at radius 2 is 1.90 bits per heavy atom. The molecule has 0 N–H and O–H groups in total. The van der Waals surface area contributed by atoms with E-state index in [0.29, 0.717) is 21.9 Å². The Morgan fingerprint density at radius 3 is 2.66 bits per heavy atom. The molecule has 2 aromatic heterocycles. The normalized spacial score (nSPS) is 11.9. The standard InChI is InChI=1S/C21H16ClN3O3S/c1-2-28-17-6-4-3-5-14(17)12-18-20(27)25-21(29-18)23-19(26)16(24-25)11-13-7-9-15(22)10-8-13/h3-10,12H,2,11H2,1H3. The summed E-state index contributed by atoms with van der Waals surface area (Å²) in [5.41, 5.74) is 1.09. The van der Waals surface area contributed by atoms with Crippen LogP contribution in [-0.4, -0.2) is 21.2 Å². The number of hydrogen-bond donors (Lipinski definition) is 0. The highest BCUT2D eigenvalue weighted by molar-refractivity contribution is 7.15. The van der Waals surface area contributed by atoms with Gasteiger partial charge in [-0.15, -0.1) is 0 Å². The Bertz CT molecular complexity index is 1350. The van der Waals surface area contributed by atoms with E-state index in [2.05, 4.69) is 10.1 Å². The van der Waals surface area contributed by atoms with Crippen LogP contribution in [0.15, 0.2) is 58.1 Å². The lowest BCUT2D eigenvalue weighted by Gasteiger charge is -2.05. The largest absolute Gasteiger partial charge is 0.493 e. The third kappa shape index (κ3) is 4.06. The van der Waals surface area contributed by atoms with Crippen LogP contribution >= 0.6 is 22.9 Å². The van der Waals surface area contributed by atoms with Crippen molar-refractivity contribution in [2.75, 3.05) is 6.61 Å². The van der Waals surface area contributed by atoms with E-state index in [1.807, 2.05) is 43.3 Å². The fourth-order valence-electron chi connectivity index (χ4n) is 2.88. The summed E-state index contributed by atoms with van der Waals surface area (Å²) in [7, 11) is 0. The molecule has 8 heteroatoms. The lowest BCUT2D eigenvalue weighted by Crippen LogP contribution is -2.28. The van der Waals surface area contributed by atoms with Gasteiger partial charge >= 0.3 is 0 Å². The van der Waals surface area contributed by atoms with Crippen LogP contribution in [0.2, 0.25) is 5.02 Å². The van der Waals surface area contributed by atoms with Crippen LogP contribution in [0.4, 0.5) is 0 Å². The summed E-state index contributed by atoms with van der Waals surface area (Å²) in [6.45, 7) is 2.42. The molecule has 0 spiro atoms. The quantitative estimate of drug-likeness (QED) is 0.491. The molecule has 0 saturated carbocycles. The van der Waals surface area contributed by atoms with E-state index in [1.165, 1.54) is 4.52 Å². The van der Waals surface area contributed by atoms with E-state index in [1.54, 1.807) is 18.2 Å². The Hall–Kier alpha value is -3.03. The Kier molecular flexibility index (Phi) is 5.42. The first-order valence-corrected chi connectivity index (χ1v) is 10.2. The molecule has 2 aromatic carbocycles. The molecule has 0 aliphatic rings. The summed E-state index contributed by atoms with van der Waals surface area (Å²) < 4.78 is 7.23. The van der Waals surface area contributed by atoms with E-state index >= 15 is 0 Å². The number of thiazole rings is 1. The minimum absolute atomic E-state index is 0.209. The van der Waals surface area contributed by atoms with Crippen LogP contribution < -0.4 is 20.4 Å².